The van der Waals surface area contributed by atoms with Gasteiger partial charge in [-0.1, -0.05) is 0 Å². The number of amides is 3. The van der Waals surface area contributed by atoms with E-state index < -0.39 is 5.91 Å². The lowest BCUT2D eigenvalue weighted by molar-refractivity contribution is -0.144. The number of rotatable bonds is 3. The fourth-order valence-corrected chi connectivity index (χ4v) is 2.03. The summed E-state index contributed by atoms with van der Waals surface area (Å²) in [5, 5.41) is 0. The summed E-state index contributed by atoms with van der Waals surface area (Å²) < 4.78 is 5.02. The number of nitrogen functional groups attached to an aromatic ring is 1. The van der Waals surface area contributed by atoms with Crippen LogP contribution < -0.4 is 11.3 Å². The minimum Gasteiger partial charge on any atom is -0.459 e. The van der Waals surface area contributed by atoms with Crippen LogP contribution in [0.5, 0.6) is 0 Å². The van der Waals surface area contributed by atoms with E-state index in [1.165, 1.54) is 11.2 Å². The molecule has 7 heteroatoms. The number of hydrazine groups is 1. The smallest absolute Gasteiger partial charge is 0.301 e. The predicted molar refractivity (Wildman–Crippen MR) is 64.4 cm³/mol. The molecular weight excluding hydrogens is 250 g/mol. The highest BCUT2D eigenvalue weighted by Crippen LogP contribution is 2.18. The van der Waals surface area contributed by atoms with Crippen molar-refractivity contribution >= 4 is 17.7 Å². The van der Waals surface area contributed by atoms with Gasteiger partial charge < -0.3 is 4.42 Å². The molecule has 0 unspecified atom stereocenters. The predicted octanol–water partition coefficient (Wildman–Crippen LogP) is 0.312. The molecule has 19 heavy (non-hydrogen) atoms. The number of nitrogens with zero attached hydrogens (tertiary/aromatic N) is 1. The van der Waals surface area contributed by atoms with Gasteiger partial charge >= 0.3 is 5.91 Å². The van der Waals surface area contributed by atoms with E-state index in [9.17, 15) is 14.4 Å². The molecule has 0 aromatic carbocycles. The summed E-state index contributed by atoms with van der Waals surface area (Å²) in [5.74, 6) is 4.03. The van der Waals surface area contributed by atoms with Gasteiger partial charge in [-0.15, -0.1) is 0 Å². The number of carbonyl (C=O) groups excluding carboxylic acids is 3. The normalized spacial score (nSPS) is 16.4. The van der Waals surface area contributed by atoms with Crippen LogP contribution in [0, 0.1) is 0 Å². The van der Waals surface area contributed by atoms with Gasteiger partial charge in [0.1, 0.15) is 0 Å². The Morgan fingerprint density at radius 3 is 2.53 bits per heavy atom. The van der Waals surface area contributed by atoms with Crippen molar-refractivity contribution in [3.05, 3.63) is 23.7 Å². The SMILES string of the molecule is NNC(=O)c1occc1CN1C(=O)CCCCC1=O. The van der Waals surface area contributed by atoms with Gasteiger partial charge in [0.15, 0.2) is 5.76 Å². The number of carbonyl (C=O) groups is 3. The second kappa shape index (κ2) is 5.66. The molecule has 1 saturated heterocycles. The molecule has 1 aliphatic rings. The Morgan fingerprint density at radius 1 is 1.32 bits per heavy atom. The highest BCUT2D eigenvalue weighted by Gasteiger charge is 2.26. The van der Waals surface area contributed by atoms with E-state index in [1.807, 2.05) is 5.43 Å². The number of nitrogens with one attached hydrogen (secondary N) is 1. The standard InChI is InChI=1S/C12H15N3O4/c13-14-12(18)11-8(5-6-19-11)7-15-9(16)3-1-2-4-10(15)17/h5-6H,1-4,7,13H2,(H,14,18). The van der Waals surface area contributed by atoms with Crippen LogP contribution in [0.1, 0.15) is 41.8 Å². The molecule has 3 amide bonds. The maximum Gasteiger partial charge on any atom is 0.301 e. The van der Waals surface area contributed by atoms with Crippen LogP contribution in [-0.2, 0) is 16.1 Å². The van der Waals surface area contributed by atoms with Crippen LogP contribution in [0.4, 0.5) is 0 Å². The first-order valence-corrected chi connectivity index (χ1v) is 6.04. The molecule has 102 valence electrons. The van der Waals surface area contributed by atoms with Crippen molar-refractivity contribution in [3.63, 3.8) is 0 Å². The second-order valence-corrected chi connectivity index (χ2v) is 4.33. The summed E-state index contributed by atoms with van der Waals surface area (Å²) in [5.41, 5.74) is 2.42. The summed E-state index contributed by atoms with van der Waals surface area (Å²) >= 11 is 0. The summed E-state index contributed by atoms with van der Waals surface area (Å²) in [6.45, 7) is 0.0386. The molecule has 3 N–H and O–H groups in total. The van der Waals surface area contributed by atoms with E-state index >= 15 is 0 Å². The topological polar surface area (TPSA) is 106 Å². The Hall–Kier alpha value is -2.15. The molecular formula is C12H15N3O4. The van der Waals surface area contributed by atoms with E-state index in [1.54, 1.807) is 6.07 Å². The minimum atomic E-state index is -0.588. The first-order chi connectivity index (χ1) is 9.13. The van der Waals surface area contributed by atoms with Gasteiger partial charge in [0.2, 0.25) is 11.8 Å². The summed E-state index contributed by atoms with van der Waals surface area (Å²) in [4.78, 5) is 36.3. The van der Waals surface area contributed by atoms with Crippen LogP contribution >= 0.6 is 0 Å². The zero-order valence-electron chi connectivity index (χ0n) is 10.3. The van der Waals surface area contributed by atoms with Gasteiger partial charge in [0.25, 0.3) is 0 Å². The van der Waals surface area contributed by atoms with Crippen LogP contribution in [0.15, 0.2) is 16.7 Å². The molecule has 7 nitrogen and oxygen atoms in total. The minimum absolute atomic E-state index is 0.0207. The number of imide groups is 1. The van der Waals surface area contributed by atoms with E-state index in [-0.39, 0.29) is 24.1 Å². The maximum atomic E-state index is 11.9. The fourth-order valence-electron chi connectivity index (χ4n) is 2.03. The van der Waals surface area contributed by atoms with Crippen molar-refractivity contribution in [1.82, 2.24) is 10.3 Å². The first kappa shape index (κ1) is 13.3. The lowest BCUT2D eigenvalue weighted by Gasteiger charge is -2.18. The van der Waals surface area contributed by atoms with Gasteiger partial charge in [-0.3, -0.25) is 24.7 Å². The van der Waals surface area contributed by atoms with Crippen molar-refractivity contribution in [2.45, 2.75) is 32.2 Å². The van der Waals surface area contributed by atoms with Gasteiger partial charge in [-0.05, 0) is 18.9 Å². The van der Waals surface area contributed by atoms with Crippen molar-refractivity contribution in [1.29, 1.82) is 0 Å². The Bertz CT molecular complexity index is 491. The van der Waals surface area contributed by atoms with Crippen molar-refractivity contribution in [2.75, 3.05) is 0 Å². The van der Waals surface area contributed by atoms with Crippen LogP contribution in [0.2, 0.25) is 0 Å². The summed E-state index contributed by atoms with van der Waals surface area (Å²) in [6, 6.07) is 1.55. The highest BCUT2D eigenvalue weighted by atomic mass is 16.3. The summed E-state index contributed by atoms with van der Waals surface area (Å²) in [7, 11) is 0. The van der Waals surface area contributed by atoms with Gasteiger partial charge in [0.05, 0.1) is 12.8 Å². The molecule has 2 heterocycles. The Balaban J connectivity index is 2.19. The van der Waals surface area contributed by atoms with Crippen molar-refractivity contribution in [3.8, 4) is 0 Å². The first-order valence-electron chi connectivity index (χ1n) is 6.04. The third kappa shape index (κ3) is 2.82. The van der Waals surface area contributed by atoms with Crippen molar-refractivity contribution in [2.24, 2.45) is 5.84 Å². The molecule has 0 bridgehead atoms. The van der Waals surface area contributed by atoms with Gasteiger partial charge in [0, 0.05) is 18.4 Å². The van der Waals surface area contributed by atoms with E-state index in [4.69, 9.17) is 10.3 Å². The van der Waals surface area contributed by atoms with Crippen LogP contribution in [0.25, 0.3) is 0 Å². The Labute approximate surface area is 109 Å². The number of likely N-dealkylation sites (tertiary alicyclic amines) is 1. The Kier molecular flexibility index (Phi) is 3.96. The number of nitrogens with two attached hydrogens (primary N) is 1. The lowest BCUT2D eigenvalue weighted by Crippen LogP contribution is -2.36. The molecule has 0 aliphatic carbocycles. The molecule has 1 aromatic heterocycles. The van der Waals surface area contributed by atoms with E-state index in [0.717, 1.165) is 0 Å². The third-order valence-corrected chi connectivity index (χ3v) is 3.05. The van der Waals surface area contributed by atoms with Crippen LogP contribution in [-0.4, -0.2) is 22.6 Å². The molecule has 1 aromatic rings. The van der Waals surface area contributed by atoms with Crippen LogP contribution in [0.3, 0.4) is 0 Å². The quantitative estimate of drug-likeness (QED) is 0.354. The highest BCUT2D eigenvalue weighted by molar-refractivity contribution is 5.97. The monoisotopic (exact) mass is 265 g/mol. The molecule has 0 saturated carbocycles. The maximum absolute atomic E-state index is 11.9. The number of hydrogen-bond acceptors (Lipinski definition) is 5. The number of furan rings is 1. The molecule has 1 aliphatic heterocycles. The number of hydrogen-bond donors (Lipinski definition) is 2. The van der Waals surface area contributed by atoms with Gasteiger partial charge in [-0.25, -0.2) is 5.84 Å². The fraction of sp³-hybridized carbons (Fsp3) is 0.417. The van der Waals surface area contributed by atoms with Crippen molar-refractivity contribution < 1.29 is 18.8 Å². The molecule has 2 rings (SSSR count). The average molecular weight is 265 g/mol. The van der Waals surface area contributed by atoms with E-state index in [0.29, 0.717) is 31.2 Å². The third-order valence-electron chi connectivity index (χ3n) is 3.05. The largest absolute Gasteiger partial charge is 0.459 e. The molecule has 1 fully saturated rings. The zero-order valence-corrected chi connectivity index (χ0v) is 10.3. The Morgan fingerprint density at radius 2 is 1.95 bits per heavy atom. The van der Waals surface area contributed by atoms with E-state index in [2.05, 4.69) is 0 Å². The second-order valence-electron chi connectivity index (χ2n) is 4.33. The molecule has 0 spiro atoms. The molecule has 0 radical (unpaired) electrons. The average Bonchev–Trinajstić information content (AvgIpc) is 2.81. The molecule has 0 atom stereocenters. The van der Waals surface area contributed by atoms with Gasteiger partial charge in [-0.2, -0.15) is 0 Å². The summed E-state index contributed by atoms with van der Waals surface area (Å²) in [6.07, 6.45) is 3.45. The zero-order chi connectivity index (χ0) is 13.8. The lowest BCUT2D eigenvalue weighted by atomic mass is 10.2.